The standard InChI is InChI=1S/C15H18O2/c1-11(16)13-8-5-12(6-9-13)7-10-14-3-2-4-15(14)17/h5-10,14-15,17H,2-4H2,1H3/b10-7+/t14-,15+/m0/s1. The van der Waals surface area contributed by atoms with Crippen LogP contribution in [0.4, 0.5) is 0 Å². The summed E-state index contributed by atoms with van der Waals surface area (Å²) in [5, 5.41) is 9.69. The molecule has 1 aromatic carbocycles. The monoisotopic (exact) mass is 230 g/mol. The maximum absolute atomic E-state index is 11.1. The van der Waals surface area contributed by atoms with Crippen LogP contribution in [0.25, 0.3) is 6.08 Å². The Morgan fingerprint density at radius 3 is 2.53 bits per heavy atom. The maximum Gasteiger partial charge on any atom is 0.159 e. The zero-order valence-electron chi connectivity index (χ0n) is 10.1. The van der Waals surface area contributed by atoms with Crippen molar-refractivity contribution in [2.45, 2.75) is 32.3 Å². The zero-order chi connectivity index (χ0) is 12.3. The minimum atomic E-state index is -0.178. The van der Waals surface area contributed by atoms with Crippen molar-refractivity contribution in [2.24, 2.45) is 5.92 Å². The second-order valence-corrected chi connectivity index (χ2v) is 4.70. The van der Waals surface area contributed by atoms with E-state index in [1.807, 2.05) is 30.3 Å². The SMILES string of the molecule is CC(=O)c1ccc(/C=C/[C@@H]2CCC[C@H]2O)cc1. The summed E-state index contributed by atoms with van der Waals surface area (Å²) < 4.78 is 0. The highest BCUT2D eigenvalue weighted by atomic mass is 16.3. The fraction of sp³-hybridized carbons (Fsp3) is 0.400. The first-order valence-electron chi connectivity index (χ1n) is 6.14. The predicted molar refractivity (Wildman–Crippen MR) is 68.8 cm³/mol. The van der Waals surface area contributed by atoms with Crippen LogP contribution in [0.1, 0.15) is 42.1 Å². The van der Waals surface area contributed by atoms with E-state index in [0.717, 1.165) is 30.4 Å². The number of Topliss-reactive ketones (excluding diaryl/α,β-unsaturated/α-hetero) is 1. The van der Waals surface area contributed by atoms with E-state index in [1.54, 1.807) is 6.92 Å². The van der Waals surface area contributed by atoms with Gasteiger partial charge in [-0.15, -0.1) is 0 Å². The van der Waals surface area contributed by atoms with Crippen molar-refractivity contribution < 1.29 is 9.90 Å². The van der Waals surface area contributed by atoms with E-state index in [4.69, 9.17) is 0 Å². The summed E-state index contributed by atoms with van der Waals surface area (Å²) in [5.74, 6) is 0.384. The van der Waals surface area contributed by atoms with E-state index < -0.39 is 0 Å². The Balaban J connectivity index is 2.03. The third kappa shape index (κ3) is 3.04. The third-order valence-electron chi connectivity index (χ3n) is 3.38. The van der Waals surface area contributed by atoms with E-state index in [-0.39, 0.29) is 11.9 Å². The number of aliphatic hydroxyl groups excluding tert-OH is 1. The highest BCUT2D eigenvalue weighted by Gasteiger charge is 2.22. The van der Waals surface area contributed by atoms with Crippen LogP contribution in [0.2, 0.25) is 0 Å². The molecule has 0 aromatic heterocycles. The lowest BCUT2D eigenvalue weighted by atomic mass is 10.0. The van der Waals surface area contributed by atoms with Crippen LogP contribution in [0, 0.1) is 5.92 Å². The molecule has 1 N–H and O–H groups in total. The summed E-state index contributed by atoms with van der Waals surface area (Å²) in [6, 6.07) is 7.56. The summed E-state index contributed by atoms with van der Waals surface area (Å²) in [6.07, 6.45) is 7.03. The normalized spacial score (nSPS) is 24.4. The molecule has 1 saturated carbocycles. The van der Waals surface area contributed by atoms with Gasteiger partial charge >= 0.3 is 0 Å². The van der Waals surface area contributed by atoms with Crippen LogP contribution >= 0.6 is 0 Å². The second kappa shape index (κ2) is 5.28. The molecule has 0 spiro atoms. The van der Waals surface area contributed by atoms with Gasteiger partial charge in [-0.3, -0.25) is 4.79 Å². The number of hydrogen-bond donors (Lipinski definition) is 1. The Labute approximate surface area is 102 Å². The largest absolute Gasteiger partial charge is 0.393 e. The summed E-state index contributed by atoms with van der Waals surface area (Å²) >= 11 is 0. The van der Waals surface area contributed by atoms with Gasteiger partial charge in [0.1, 0.15) is 0 Å². The Kier molecular flexibility index (Phi) is 3.75. The van der Waals surface area contributed by atoms with E-state index in [0.29, 0.717) is 5.92 Å². The van der Waals surface area contributed by atoms with Crippen LogP contribution in [-0.2, 0) is 0 Å². The lowest BCUT2D eigenvalue weighted by Gasteiger charge is -2.08. The molecule has 0 radical (unpaired) electrons. The van der Waals surface area contributed by atoms with Gasteiger partial charge in [0.15, 0.2) is 5.78 Å². The molecule has 1 aliphatic carbocycles. The molecule has 0 unspecified atom stereocenters. The lowest BCUT2D eigenvalue weighted by molar-refractivity contribution is 0.101. The van der Waals surface area contributed by atoms with Crippen molar-refractivity contribution in [3.63, 3.8) is 0 Å². The Bertz CT molecular complexity index is 417. The fourth-order valence-corrected chi connectivity index (χ4v) is 2.26. The van der Waals surface area contributed by atoms with E-state index >= 15 is 0 Å². The van der Waals surface area contributed by atoms with Crippen molar-refractivity contribution in [3.05, 3.63) is 41.5 Å². The van der Waals surface area contributed by atoms with Gasteiger partial charge in [-0.1, -0.05) is 42.8 Å². The molecular formula is C15H18O2. The molecule has 0 amide bonds. The summed E-state index contributed by atoms with van der Waals surface area (Å²) in [4.78, 5) is 11.1. The number of carbonyl (C=O) groups is 1. The highest BCUT2D eigenvalue weighted by Crippen LogP contribution is 2.27. The molecule has 0 saturated heterocycles. The van der Waals surface area contributed by atoms with Crippen LogP contribution in [-0.4, -0.2) is 17.0 Å². The first-order chi connectivity index (χ1) is 8.16. The van der Waals surface area contributed by atoms with Crippen LogP contribution in [0.3, 0.4) is 0 Å². The molecule has 2 heteroatoms. The van der Waals surface area contributed by atoms with Gasteiger partial charge in [0.2, 0.25) is 0 Å². The Hall–Kier alpha value is -1.41. The van der Waals surface area contributed by atoms with Crippen molar-refractivity contribution in [3.8, 4) is 0 Å². The van der Waals surface area contributed by atoms with E-state index in [2.05, 4.69) is 6.08 Å². The van der Waals surface area contributed by atoms with Gasteiger partial charge in [-0.05, 0) is 25.3 Å². The number of carbonyl (C=O) groups excluding carboxylic acids is 1. The number of aliphatic hydroxyl groups is 1. The topological polar surface area (TPSA) is 37.3 Å². The highest BCUT2D eigenvalue weighted by molar-refractivity contribution is 5.94. The number of hydrogen-bond acceptors (Lipinski definition) is 2. The van der Waals surface area contributed by atoms with Crippen molar-refractivity contribution in [1.29, 1.82) is 0 Å². The van der Waals surface area contributed by atoms with Gasteiger partial charge < -0.3 is 5.11 Å². The number of benzene rings is 1. The minimum absolute atomic E-state index is 0.0896. The fourth-order valence-electron chi connectivity index (χ4n) is 2.26. The molecule has 17 heavy (non-hydrogen) atoms. The predicted octanol–water partition coefficient (Wildman–Crippen LogP) is 3.06. The number of rotatable bonds is 3. The number of ketones is 1. The zero-order valence-corrected chi connectivity index (χ0v) is 10.1. The third-order valence-corrected chi connectivity index (χ3v) is 3.38. The van der Waals surface area contributed by atoms with Gasteiger partial charge in [-0.2, -0.15) is 0 Å². The van der Waals surface area contributed by atoms with Crippen LogP contribution in [0.5, 0.6) is 0 Å². The molecule has 2 rings (SSSR count). The second-order valence-electron chi connectivity index (χ2n) is 4.70. The van der Waals surface area contributed by atoms with Crippen molar-refractivity contribution in [2.75, 3.05) is 0 Å². The molecular weight excluding hydrogens is 212 g/mol. The van der Waals surface area contributed by atoms with Gasteiger partial charge in [-0.25, -0.2) is 0 Å². The van der Waals surface area contributed by atoms with Crippen molar-refractivity contribution in [1.82, 2.24) is 0 Å². The van der Waals surface area contributed by atoms with E-state index in [9.17, 15) is 9.90 Å². The average molecular weight is 230 g/mol. The molecule has 2 atom stereocenters. The first-order valence-corrected chi connectivity index (χ1v) is 6.14. The molecule has 0 aliphatic heterocycles. The smallest absolute Gasteiger partial charge is 0.159 e. The van der Waals surface area contributed by atoms with E-state index in [1.165, 1.54) is 0 Å². The van der Waals surface area contributed by atoms with Crippen LogP contribution in [0.15, 0.2) is 30.3 Å². The van der Waals surface area contributed by atoms with Crippen LogP contribution < -0.4 is 0 Å². The van der Waals surface area contributed by atoms with Crippen molar-refractivity contribution >= 4 is 11.9 Å². The Morgan fingerprint density at radius 1 is 1.29 bits per heavy atom. The molecule has 1 aromatic rings. The first kappa shape index (κ1) is 12.1. The molecule has 1 fully saturated rings. The molecule has 0 heterocycles. The quantitative estimate of drug-likeness (QED) is 0.810. The summed E-state index contributed by atoms with van der Waals surface area (Å²) in [7, 11) is 0. The summed E-state index contributed by atoms with van der Waals surface area (Å²) in [5.41, 5.74) is 1.82. The van der Waals surface area contributed by atoms with Gasteiger partial charge in [0.25, 0.3) is 0 Å². The van der Waals surface area contributed by atoms with Gasteiger partial charge in [0, 0.05) is 11.5 Å². The molecule has 1 aliphatic rings. The lowest BCUT2D eigenvalue weighted by Crippen LogP contribution is -2.09. The molecule has 0 bridgehead atoms. The van der Waals surface area contributed by atoms with Gasteiger partial charge in [0.05, 0.1) is 6.10 Å². The Morgan fingerprint density at radius 2 is 2.00 bits per heavy atom. The molecule has 90 valence electrons. The summed E-state index contributed by atoms with van der Waals surface area (Å²) in [6.45, 7) is 1.57. The minimum Gasteiger partial charge on any atom is -0.393 e. The molecule has 2 nitrogen and oxygen atoms in total. The average Bonchev–Trinajstić information content (AvgIpc) is 2.73. The maximum atomic E-state index is 11.1.